The molecule has 84 valence electrons. The van der Waals surface area contributed by atoms with Crippen LogP contribution in [0.15, 0.2) is 18.6 Å². The zero-order valence-corrected chi connectivity index (χ0v) is 11.7. The second-order valence-electron chi connectivity index (χ2n) is 3.15. The van der Waals surface area contributed by atoms with Crippen molar-refractivity contribution in [2.24, 2.45) is 0 Å². The van der Waals surface area contributed by atoms with Crippen molar-refractivity contribution in [3.63, 3.8) is 0 Å². The molecule has 0 unspecified atom stereocenters. The topological polar surface area (TPSA) is 50.7 Å². The maximum Gasteiger partial charge on any atom is 0.222 e. The van der Waals surface area contributed by atoms with Gasteiger partial charge in [-0.05, 0) is 29.0 Å². The summed E-state index contributed by atoms with van der Waals surface area (Å²) in [6.07, 6.45) is 6.54. The molecule has 0 atom stereocenters. The molecule has 0 spiro atoms. The number of aromatic nitrogens is 3. The highest BCUT2D eigenvalue weighted by Crippen LogP contribution is 2.14. The fraction of sp³-hybridized carbons (Fsp3) is 0.300. The van der Waals surface area contributed by atoms with Crippen LogP contribution < -0.4 is 5.32 Å². The van der Waals surface area contributed by atoms with Crippen LogP contribution >= 0.6 is 33.9 Å². The molecule has 16 heavy (non-hydrogen) atoms. The van der Waals surface area contributed by atoms with Gasteiger partial charge in [0.2, 0.25) is 5.95 Å². The molecule has 0 aliphatic rings. The van der Waals surface area contributed by atoms with Gasteiger partial charge >= 0.3 is 0 Å². The van der Waals surface area contributed by atoms with Crippen molar-refractivity contribution in [3.05, 3.63) is 32.0 Å². The summed E-state index contributed by atoms with van der Waals surface area (Å²) in [6, 6.07) is 0. The second kappa shape index (κ2) is 5.53. The maximum atomic E-state index is 4.32. The number of nitrogens with zero attached hydrogens (tertiary/aromatic N) is 3. The third-order valence-corrected chi connectivity index (χ3v) is 3.67. The molecule has 1 N–H and O–H groups in total. The van der Waals surface area contributed by atoms with Crippen LogP contribution in [0, 0.1) is 3.57 Å². The molecule has 0 bridgehead atoms. The largest absolute Gasteiger partial charge is 0.348 e. The standard InChI is InChI=1S/C10H11IN4S/c1-2-8-5-12-9(16-8)6-15-10-13-3-7(11)4-14-10/h3-5H,2,6H2,1H3,(H,13,14,15). The molecule has 0 saturated heterocycles. The van der Waals surface area contributed by atoms with Crippen LogP contribution in [-0.4, -0.2) is 15.0 Å². The number of halogens is 1. The van der Waals surface area contributed by atoms with Crippen LogP contribution in [0.3, 0.4) is 0 Å². The Balaban J connectivity index is 1.94. The predicted molar refractivity (Wildman–Crippen MR) is 73.6 cm³/mol. The van der Waals surface area contributed by atoms with Crippen LogP contribution in [0.4, 0.5) is 5.95 Å². The lowest BCUT2D eigenvalue weighted by Crippen LogP contribution is -2.02. The summed E-state index contributed by atoms with van der Waals surface area (Å²) in [5.41, 5.74) is 0. The lowest BCUT2D eigenvalue weighted by atomic mass is 10.4. The van der Waals surface area contributed by atoms with E-state index in [9.17, 15) is 0 Å². The first-order valence-electron chi connectivity index (χ1n) is 4.93. The highest BCUT2D eigenvalue weighted by Gasteiger charge is 2.01. The first-order chi connectivity index (χ1) is 7.78. The van der Waals surface area contributed by atoms with Gasteiger partial charge in [0.15, 0.2) is 0 Å². The van der Waals surface area contributed by atoms with Crippen molar-refractivity contribution in [3.8, 4) is 0 Å². The summed E-state index contributed by atoms with van der Waals surface area (Å²) < 4.78 is 1.03. The summed E-state index contributed by atoms with van der Waals surface area (Å²) in [4.78, 5) is 14.0. The molecule has 0 saturated carbocycles. The Morgan fingerprint density at radius 2 is 2.00 bits per heavy atom. The van der Waals surface area contributed by atoms with Gasteiger partial charge in [-0.2, -0.15) is 0 Å². The Bertz CT molecular complexity index is 454. The minimum atomic E-state index is 0.647. The van der Waals surface area contributed by atoms with Crippen LogP contribution in [0.25, 0.3) is 0 Å². The molecule has 0 aliphatic heterocycles. The molecule has 0 aromatic carbocycles. The molecule has 2 aromatic rings. The van der Waals surface area contributed by atoms with Gasteiger partial charge in [-0.25, -0.2) is 15.0 Å². The number of thiazole rings is 1. The van der Waals surface area contributed by atoms with E-state index in [0.717, 1.165) is 15.0 Å². The smallest absolute Gasteiger partial charge is 0.222 e. The van der Waals surface area contributed by atoms with Crippen molar-refractivity contribution in [2.75, 3.05) is 5.32 Å². The lowest BCUT2D eigenvalue weighted by molar-refractivity contribution is 1.03. The normalized spacial score (nSPS) is 10.4. The fourth-order valence-corrected chi connectivity index (χ4v) is 2.23. The van der Waals surface area contributed by atoms with Gasteiger partial charge in [0.25, 0.3) is 0 Å². The summed E-state index contributed by atoms with van der Waals surface area (Å²) >= 11 is 3.91. The van der Waals surface area contributed by atoms with E-state index in [1.165, 1.54) is 4.88 Å². The van der Waals surface area contributed by atoms with E-state index in [4.69, 9.17) is 0 Å². The lowest BCUT2D eigenvalue weighted by Gasteiger charge is -2.01. The molecule has 6 heteroatoms. The molecule has 0 radical (unpaired) electrons. The Morgan fingerprint density at radius 1 is 1.25 bits per heavy atom. The van der Waals surface area contributed by atoms with Crippen LogP contribution in [0.2, 0.25) is 0 Å². The average molecular weight is 346 g/mol. The number of hydrogen-bond donors (Lipinski definition) is 1. The van der Waals surface area contributed by atoms with E-state index in [1.54, 1.807) is 23.7 Å². The zero-order chi connectivity index (χ0) is 11.4. The quantitative estimate of drug-likeness (QED) is 0.865. The van der Waals surface area contributed by atoms with Crippen LogP contribution in [-0.2, 0) is 13.0 Å². The highest BCUT2D eigenvalue weighted by molar-refractivity contribution is 14.1. The van der Waals surface area contributed by atoms with Gasteiger partial charge < -0.3 is 5.32 Å². The Labute approximate surface area is 112 Å². The van der Waals surface area contributed by atoms with Gasteiger partial charge in [0, 0.05) is 27.0 Å². The number of nitrogens with one attached hydrogen (secondary N) is 1. The predicted octanol–water partition coefficient (Wildman–Crippen LogP) is 2.71. The zero-order valence-electron chi connectivity index (χ0n) is 8.77. The van der Waals surface area contributed by atoms with E-state index in [1.807, 2.05) is 6.20 Å². The minimum Gasteiger partial charge on any atom is -0.348 e. The summed E-state index contributed by atoms with van der Waals surface area (Å²) in [5.74, 6) is 0.647. The van der Waals surface area contributed by atoms with Crippen molar-refractivity contribution >= 4 is 39.9 Å². The van der Waals surface area contributed by atoms with Gasteiger partial charge in [0.05, 0.1) is 6.54 Å². The molecule has 0 fully saturated rings. The Kier molecular flexibility index (Phi) is 4.05. The summed E-state index contributed by atoms with van der Waals surface area (Å²) in [5, 5.41) is 4.22. The van der Waals surface area contributed by atoms with E-state index >= 15 is 0 Å². The van der Waals surface area contributed by atoms with Gasteiger partial charge in [-0.1, -0.05) is 6.92 Å². The molecular formula is C10H11IN4S. The monoisotopic (exact) mass is 346 g/mol. The van der Waals surface area contributed by atoms with Crippen molar-refractivity contribution in [1.82, 2.24) is 15.0 Å². The second-order valence-corrected chi connectivity index (χ2v) is 5.60. The third kappa shape index (κ3) is 3.11. The molecule has 4 nitrogen and oxygen atoms in total. The van der Waals surface area contributed by atoms with E-state index in [-0.39, 0.29) is 0 Å². The van der Waals surface area contributed by atoms with E-state index in [0.29, 0.717) is 12.5 Å². The summed E-state index contributed by atoms with van der Waals surface area (Å²) in [7, 11) is 0. The number of hydrogen-bond acceptors (Lipinski definition) is 5. The van der Waals surface area contributed by atoms with Crippen LogP contribution in [0.5, 0.6) is 0 Å². The third-order valence-electron chi connectivity index (χ3n) is 1.97. The molecular weight excluding hydrogens is 335 g/mol. The van der Waals surface area contributed by atoms with Crippen molar-refractivity contribution < 1.29 is 0 Å². The Hall–Kier alpha value is -0.760. The van der Waals surface area contributed by atoms with E-state index in [2.05, 4.69) is 49.8 Å². The van der Waals surface area contributed by atoms with Crippen LogP contribution in [0.1, 0.15) is 16.8 Å². The van der Waals surface area contributed by atoms with Crippen molar-refractivity contribution in [2.45, 2.75) is 19.9 Å². The average Bonchev–Trinajstić information content (AvgIpc) is 2.76. The number of aryl methyl sites for hydroxylation is 1. The van der Waals surface area contributed by atoms with E-state index < -0.39 is 0 Å². The molecule has 0 amide bonds. The number of anilines is 1. The van der Waals surface area contributed by atoms with Crippen molar-refractivity contribution in [1.29, 1.82) is 0 Å². The first kappa shape index (κ1) is 11.7. The van der Waals surface area contributed by atoms with Gasteiger partial charge in [-0.15, -0.1) is 11.3 Å². The highest BCUT2D eigenvalue weighted by atomic mass is 127. The molecule has 2 rings (SSSR count). The summed E-state index contributed by atoms with van der Waals surface area (Å²) in [6.45, 7) is 2.82. The molecule has 2 heterocycles. The minimum absolute atomic E-state index is 0.647. The molecule has 0 aliphatic carbocycles. The fourth-order valence-electron chi connectivity index (χ4n) is 1.15. The number of rotatable bonds is 4. The maximum absolute atomic E-state index is 4.32. The Morgan fingerprint density at radius 3 is 2.62 bits per heavy atom. The SMILES string of the molecule is CCc1cnc(CNc2ncc(I)cn2)s1. The first-order valence-corrected chi connectivity index (χ1v) is 6.82. The van der Waals surface area contributed by atoms with Gasteiger partial charge in [0.1, 0.15) is 5.01 Å². The van der Waals surface area contributed by atoms with Gasteiger partial charge in [-0.3, -0.25) is 0 Å². The molecule has 2 aromatic heterocycles.